The summed E-state index contributed by atoms with van der Waals surface area (Å²) in [5.41, 5.74) is 0.840. The minimum atomic E-state index is -3.18. The Balaban J connectivity index is 3.39. The van der Waals surface area contributed by atoms with Crippen LogP contribution in [-0.4, -0.2) is 0 Å². The van der Waals surface area contributed by atoms with Crippen LogP contribution in [0.15, 0.2) is 30.4 Å². The van der Waals surface area contributed by atoms with Crippen LogP contribution >= 0.6 is 0 Å². The van der Waals surface area contributed by atoms with Crippen molar-refractivity contribution in [3.63, 3.8) is 0 Å². The SMILES string of the molecule is C=C(C)[C@H](c1ccc(F)c(C(C)(F)F)c1)C(C)(C)C. The highest BCUT2D eigenvalue weighted by molar-refractivity contribution is 5.35. The van der Waals surface area contributed by atoms with Crippen LogP contribution in [0.25, 0.3) is 0 Å². The smallest absolute Gasteiger partial charge is 0.206 e. The summed E-state index contributed by atoms with van der Waals surface area (Å²) in [6, 6.07) is 3.94. The van der Waals surface area contributed by atoms with Gasteiger partial charge in [0.1, 0.15) is 5.82 Å². The maximum Gasteiger partial charge on any atom is 0.273 e. The van der Waals surface area contributed by atoms with Crippen LogP contribution in [0.3, 0.4) is 0 Å². The lowest BCUT2D eigenvalue weighted by molar-refractivity contribution is 0.0136. The maximum absolute atomic E-state index is 13.5. The molecule has 0 aliphatic heterocycles. The van der Waals surface area contributed by atoms with E-state index in [1.165, 1.54) is 6.07 Å². The largest absolute Gasteiger partial charge is 0.273 e. The Morgan fingerprint density at radius 1 is 1.16 bits per heavy atom. The molecule has 0 saturated carbocycles. The van der Waals surface area contributed by atoms with Crippen molar-refractivity contribution in [3.05, 3.63) is 47.3 Å². The van der Waals surface area contributed by atoms with Gasteiger partial charge in [-0.25, -0.2) is 13.2 Å². The second-order valence-electron chi connectivity index (χ2n) is 6.27. The Hall–Kier alpha value is -1.25. The lowest BCUT2D eigenvalue weighted by atomic mass is 9.73. The molecule has 0 aliphatic rings. The first-order chi connectivity index (χ1) is 8.44. The number of rotatable bonds is 3. The Morgan fingerprint density at radius 2 is 1.68 bits per heavy atom. The third kappa shape index (κ3) is 3.62. The first-order valence-corrected chi connectivity index (χ1v) is 6.27. The van der Waals surface area contributed by atoms with Gasteiger partial charge in [0.05, 0.1) is 5.56 Å². The molecule has 0 heterocycles. The van der Waals surface area contributed by atoms with Crippen molar-refractivity contribution < 1.29 is 13.2 Å². The fourth-order valence-corrected chi connectivity index (χ4v) is 2.58. The molecule has 0 aromatic heterocycles. The van der Waals surface area contributed by atoms with E-state index in [0.717, 1.165) is 11.6 Å². The molecule has 0 amide bonds. The predicted molar refractivity (Wildman–Crippen MR) is 73.0 cm³/mol. The molecule has 0 bridgehead atoms. The van der Waals surface area contributed by atoms with Crippen molar-refractivity contribution in [2.24, 2.45) is 5.41 Å². The van der Waals surface area contributed by atoms with Crippen molar-refractivity contribution in [2.75, 3.05) is 0 Å². The zero-order chi connectivity index (χ0) is 15.0. The first-order valence-electron chi connectivity index (χ1n) is 6.27. The predicted octanol–water partition coefficient (Wildman–Crippen LogP) is 5.64. The second-order valence-corrected chi connectivity index (χ2v) is 6.27. The molecule has 0 unspecified atom stereocenters. The molecule has 0 radical (unpaired) electrons. The fourth-order valence-electron chi connectivity index (χ4n) is 2.58. The standard InChI is InChI=1S/C16H21F3/c1-10(2)14(15(3,4)5)11-7-8-13(17)12(9-11)16(6,18)19/h7-9,14H,1H2,2-6H3/t14-/m1/s1. The Kier molecular flexibility index (Phi) is 4.18. The van der Waals surface area contributed by atoms with Crippen LogP contribution in [0, 0.1) is 11.2 Å². The van der Waals surface area contributed by atoms with Gasteiger partial charge in [-0.2, -0.15) is 0 Å². The monoisotopic (exact) mass is 270 g/mol. The van der Waals surface area contributed by atoms with Crippen LogP contribution in [0.1, 0.15) is 51.7 Å². The summed E-state index contributed by atoms with van der Waals surface area (Å²) < 4.78 is 40.3. The normalized spacial score (nSPS) is 14.3. The van der Waals surface area contributed by atoms with Crippen LogP contribution < -0.4 is 0 Å². The highest BCUT2D eigenvalue weighted by Crippen LogP contribution is 2.41. The molecule has 19 heavy (non-hydrogen) atoms. The van der Waals surface area contributed by atoms with Crippen LogP contribution in [-0.2, 0) is 5.92 Å². The van der Waals surface area contributed by atoms with E-state index in [9.17, 15) is 13.2 Å². The molecular weight excluding hydrogens is 249 g/mol. The van der Waals surface area contributed by atoms with Gasteiger partial charge in [-0.3, -0.25) is 0 Å². The van der Waals surface area contributed by atoms with E-state index in [4.69, 9.17) is 0 Å². The molecule has 0 aliphatic carbocycles. The lowest BCUT2D eigenvalue weighted by Crippen LogP contribution is -2.20. The van der Waals surface area contributed by atoms with E-state index < -0.39 is 17.3 Å². The van der Waals surface area contributed by atoms with Gasteiger partial charge in [0.25, 0.3) is 5.92 Å². The summed E-state index contributed by atoms with van der Waals surface area (Å²) >= 11 is 0. The van der Waals surface area contributed by atoms with Gasteiger partial charge in [0.2, 0.25) is 0 Å². The summed E-state index contributed by atoms with van der Waals surface area (Å²) in [5, 5.41) is 0. The van der Waals surface area contributed by atoms with Gasteiger partial charge >= 0.3 is 0 Å². The minimum Gasteiger partial charge on any atom is -0.206 e. The molecule has 0 nitrogen and oxygen atoms in total. The van der Waals surface area contributed by atoms with Gasteiger partial charge in [-0.1, -0.05) is 39.0 Å². The van der Waals surface area contributed by atoms with Crippen molar-refractivity contribution in [1.82, 2.24) is 0 Å². The molecule has 1 rings (SSSR count). The Bertz CT molecular complexity index is 476. The highest BCUT2D eigenvalue weighted by atomic mass is 19.3. The number of hydrogen-bond donors (Lipinski definition) is 0. The highest BCUT2D eigenvalue weighted by Gasteiger charge is 2.32. The molecule has 1 aromatic carbocycles. The number of benzene rings is 1. The summed E-state index contributed by atoms with van der Waals surface area (Å²) in [7, 11) is 0. The van der Waals surface area contributed by atoms with Gasteiger partial charge in [-0.05, 0) is 30.0 Å². The molecule has 106 valence electrons. The average molecular weight is 270 g/mol. The molecule has 0 fully saturated rings. The van der Waals surface area contributed by atoms with E-state index >= 15 is 0 Å². The molecular formula is C16H21F3. The summed E-state index contributed by atoms with van der Waals surface area (Å²) in [6.07, 6.45) is 0. The summed E-state index contributed by atoms with van der Waals surface area (Å²) in [5.74, 6) is -4.14. The van der Waals surface area contributed by atoms with E-state index in [1.807, 2.05) is 27.7 Å². The molecule has 0 spiro atoms. The zero-order valence-electron chi connectivity index (χ0n) is 12.2. The topological polar surface area (TPSA) is 0 Å². The van der Waals surface area contributed by atoms with Crippen molar-refractivity contribution in [3.8, 4) is 0 Å². The summed E-state index contributed by atoms with van der Waals surface area (Å²) in [4.78, 5) is 0. The van der Waals surface area contributed by atoms with E-state index in [-0.39, 0.29) is 11.3 Å². The lowest BCUT2D eigenvalue weighted by Gasteiger charge is -2.32. The van der Waals surface area contributed by atoms with Gasteiger partial charge in [0.15, 0.2) is 0 Å². The fraction of sp³-hybridized carbons (Fsp3) is 0.500. The molecule has 1 atom stereocenters. The number of hydrogen-bond acceptors (Lipinski definition) is 0. The third-order valence-corrected chi connectivity index (χ3v) is 3.16. The van der Waals surface area contributed by atoms with Gasteiger partial charge in [-0.15, -0.1) is 0 Å². The van der Waals surface area contributed by atoms with Gasteiger partial charge in [0, 0.05) is 12.8 Å². The van der Waals surface area contributed by atoms with E-state index in [1.54, 1.807) is 6.07 Å². The van der Waals surface area contributed by atoms with Gasteiger partial charge < -0.3 is 0 Å². The summed E-state index contributed by atoms with van der Waals surface area (Å²) in [6.45, 7) is 12.5. The van der Waals surface area contributed by atoms with Crippen molar-refractivity contribution in [2.45, 2.75) is 46.5 Å². The minimum absolute atomic E-state index is 0.0887. The van der Waals surface area contributed by atoms with E-state index in [0.29, 0.717) is 12.5 Å². The molecule has 3 heteroatoms. The van der Waals surface area contributed by atoms with Crippen LogP contribution in [0.5, 0.6) is 0 Å². The zero-order valence-corrected chi connectivity index (χ0v) is 12.2. The van der Waals surface area contributed by atoms with Crippen molar-refractivity contribution in [1.29, 1.82) is 0 Å². The molecule has 0 saturated heterocycles. The molecule has 0 N–H and O–H groups in total. The second kappa shape index (κ2) is 5.03. The maximum atomic E-state index is 13.5. The molecule has 1 aromatic rings. The quantitative estimate of drug-likeness (QED) is 0.623. The number of alkyl halides is 2. The number of allylic oxidation sites excluding steroid dienone is 1. The number of halogens is 3. The third-order valence-electron chi connectivity index (χ3n) is 3.16. The van der Waals surface area contributed by atoms with Crippen molar-refractivity contribution >= 4 is 0 Å². The van der Waals surface area contributed by atoms with Crippen LogP contribution in [0.2, 0.25) is 0 Å². The van der Waals surface area contributed by atoms with E-state index in [2.05, 4.69) is 6.58 Å². The average Bonchev–Trinajstić information content (AvgIpc) is 2.16. The first kappa shape index (κ1) is 15.8. The Labute approximate surface area is 113 Å². The van der Waals surface area contributed by atoms with Crippen LogP contribution in [0.4, 0.5) is 13.2 Å². The Morgan fingerprint density at radius 3 is 2.05 bits per heavy atom.